The number of benzene rings is 1. The van der Waals surface area contributed by atoms with Crippen LogP contribution in [0.5, 0.6) is 0 Å². The van der Waals surface area contributed by atoms with Crippen LogP contribution < -0.4 is 16.4 Å². The molecule has 4 N–H and O–H groups in total. The maximum absolute atomic E-state index is 12.1. The van der Waals surface area contributed by atoms with Gasteiger partial charge in [-0.1, -0.05) is 19.1 Å². The second kappa shape index (κ2) is 9.78. The molecule has 1 rings (SSSR count). The highest BCUT2D eigenvalue weighted by molar-refractivity contribution is 5.94. The first-order valence-corrected chi connectivity index (χ1v) is 7.49. The molecule has 1 aromatic rings. The number of aliphatic imine (C=N–C) groups is 1. The van der Waals surface area contributed by atoms with E-state index in [1.807, 2.05) is 32.0 Å². The van der Waals surface area contributed by atoms with Gasteiger partial charge in [-0.05, 0) is 31.0 Å². The Morgan fingerprint density at radius 2 is 2.23 bits per heavy atom. The van der Waals surface area contributed by atoms with E-state index in [0.29, 0.717) is 31.2 Å². The predicted octanol–water partition coefficient (Wildman–Crippen LogP) is 1.27. The van der Waals surface area contributed by atoms with Crippen molar-refractivity contribution in [3.63, 3.8) is 0 Å². The first-order chi connectivity index (χ1) is 10.6. The number of rotatable bonds is 8. The highest BCUT2D eigenvalue weighted by Crippen LogP contribution is 2.07. The van der Waals surface area contributed by atoms with Crippen molar-refractivity contribution in [1.82, 2.24) is 10.6 Å². The fraction of sp³-hybridized carbons (Fsp3) is 0.500. The summed E-state index contributed by atoms with van der Waals surface area (Å²) in [6, 6.07) is 7.57. The lowest BCUT2D eigenvalue weighted by Crippen LogP contribution is -2.34. The summed E-state index contributed by atoms with van der Waals surface area (Å²) >= 11 is 0. The summed E-state index contributed by atoms with van der Waals surface area (Å²) in [5.41, 5.74) is 7.32. The van der Waals surface area contributed by atoms with Crippen molar-refractivity contribution >= 4 is 11.9 Å². The predicted molar refractivity (Wildman–Crippen MR) is 88.9 cm³/mol. The summed E-state index contributed by atoms with van der Waals surface area (Å²) in [4.78, 5) is 16.3. The van der Waals surface area contributed by atoms with Gasteiger partial charge in [0.25, 0.3) is 5.91 Å². The van der Waals surface area contributed by atoms with E-state index in [9.17, 15) is 4.79 Å². The minimum absolute atomic E-state index is 0.0635. The van der Waals surface area contributed by atoms with E-state index in [2.05, 4.69) is 15.6 Å². The molecule has 6 nitrogen and oxygen atoms in total. The fourth-order valence-electron chi connectivity index (χ4n) is 1.73. The Hall–Kier alpha value is -2.08. The monoisotopic (exact) mass is 306 g/mol. The zero-order valence-electron chi connectivity index (χ0n) is 13.6. The lowest BCUT2D eigenvalue weighted by Gasteiger charge is -2.11. The Morgan fingerprint density at radius 3 is 2.91 bits per heavy atom. The van der Waals surface area contributed by atoms with Gasteiger partial charge in [0.2, 0.25) is 0 Å². The van der Waals surface area contributed by atoms with Gasteiger partial charge < -0.3 is 21.1 Å². The van der Waals surface area contributed by atoms with E-state index in [1.165, 1.54) is 0 Å². The molecular formula is C16H26N4O2. The Labute approximate surface area is 132 Å². The van der Waals surface area contributed by atoms with E-state index >= 15 is 0 Å². The van der Waals surface area contributed by atoms with Crippen LogP contribution in [0.1, 0.15) is 36.2 Å². The summed E-state index contributed by atoms with van der Waals surface area (Å²) in [6.07, 6.45) is 0.902. The molecule has 0 aliphatic heterocycles. The fourth-order valence-corrected chi connectivity index (χ4v) is 1.73. The number of carbonyl (C=O) groups is 1. The van der Waals surface area contributed by atoms with Crippen molar-refractivity contribution in [3.05, 3.63) is 35.4 Å². The van der Waals surface area contributed by atoms with Gasteiger partial charge in [0.05, 0.1) is 13.2 Å². The smallest absolute Gasteiger partial charge is 0.251 e. The second-order valence-corrected chi connectivity index (χ2v) is 5.10. The molecule has 0 aliphatic rings. The summed E-state index contributed by atoms with van der Waals surface area (Å²) < 4.78 is 4.92. The standard InChI is InChI=1S/C16H26N4O2/c1-4-12(2)20-15(21)14-7-5-6-13(10-14)11-19-16(17)18-8-9-22-3/h5-7,10,12H,4,8-9,11H2,1-3H3,(H,20,21)(H3,17,18,19). The summed E-state index contributed by atoms with van der Waals surface area (Å²) in [7, 11) is 1.63. The molecular weight excluding hydrogens is 280 g/mol. The average molecular weight is 306 g/mol. The highest BCUT2D eigenvalue weighted by atomic mass is 16.5. The average Bonchev–Trinajstić information content (AvgIpc) is 2.53. The molecule has 1 aromatic carbocycles. The number of nitrogens with one attached hydrogen (secondary N) is 2. The van der Waals surface area contributed by atoms with Crippen LogP contribution in [0, 0.1) is 0 Å². The Balaban J connectivity index is 2.60. The Morgan fingerprint density at radius 1 is 1.45 bits per heavy atom. The summed E-state index contributed by atoms with van der Waals surface area (Å²) in [5.74, 6) is 0.304. The van der Waals surface area contributed by atoms with Crippen LogP contribution in [-0.2, 0) is 11.3 Å². The number of nitrogens with two attached hydrogens (primary N) is 1. The van der Waals surface area contributed by atoms with E-state index < -0.39 is 0 Å². The van der Waals surface area contributed by atoms with Crippen molar-refractivity contribution in [1.29, 1.82) is 0 Å². The SMILES string of the molecule is CCC(C)NC(=O)c1cccc(CN=C(N)NCCOC)c1. The van der Waals surface area contributed by atoms with Gasteiger partial charge in [-0.3, -0.25) is 4.79 Å². The number of carbonyl (C=O) groups excluding carboxylic acids is 1. The molecule has 0 fully saturated rings. The van der Waals surface area contributed by atoms with E-state index in [4.69, 9.17) is 10.5 Å². The molecule has 0 aromatic heterocycles. The van der Waals surface area contributed by atoms with E-state index in [0.717, 1.165) is 12.0 Å². The third kappa shape index (κ3) is 6.58. The first kappa shape index (κ1) is 18.0. The van der Waals surface area contributed by atoms with Crippen molar-refractivity contribution in [3.8, 4) is 0 Å². The molecule has 0 saturated heterocycles. The minimum Gasteiger partial charge on any atom is -0.383 e. The maximum atomic E-state index is 12.1. The van der Waals surface area contributed by atoms with Gasteiger partial charge >= 0.3 is 0 Å². The molecule has 0 bridgehead atoms. The van der Waals surface area contributed by atoms with E-state index in [-0.39, 0.29) is 11.9 Å². The van der Waals surface area contributed by atoms with Crippen LogP contribution >= 0.6 is 0 Å². The number of hydrogen-bond acceptors (Lipinski definition) is 3. The van der Waals surface area contributed by atoms with Crippen molar-refractivity contribution in [2.45, 2.75) is 32.9 Å². The molecule has 0 heterocycles. The number of ether oxygens (including phenoxy) is 1. The van der Waals surface area contributed by atoms with Crippen molar-refractivity contribution in [2.75, 3.05) is 20.3 Å². The third-order valence-corrected chi connectivity index (χ3v) is 3.22. The van der Waals surface area contributed by atoms with Gasteiger partial charge in [-0.25, -0.2) is 4.99 Å². The Kier molecular flexibility index (Phi) is 7.99. The summed E-state index contributed by atoms with van der Waals surface area (Å²) in [6.45, 7) is 5.63. The lowest BCUT2D eigenvalue weighted by molar-refractivity contribution is 0.0939. The molecule has 22 heavy (non-hydrogen) atoms. The molecule has 122 valence electrons. The van der Waals surface area contributed by atoms with Crippen LogP contribution in [0.4, 0.5) is 0 Å². The number of methoxy groups -OCH3 is 1. The molecule has 6 heteroatoms. The highest BCUT2D eigenvalue weighted by Gasteiger charge is 2.08. The quantitative estimate of drug-likeness (QED) is 0.383. The van der Waals surface area contributed by atoms with Crippen molar-refractivity contribution < 1.29 is 9.53 Å². The molecule has 1 unspecified atom stereocenters. The van der Waals surface area contributed by atoms with Gasteiger partial charge in [-0.2, -0.15) is 0 Å². The second-order valence-electron chi connectivity index (χ2n) is 5.10. The van der Waals surface area contributed by atoms with Crippen LogP contribution in [0.25, 0.3) is 0 Å². The molecule has 0 aliphatic carbocycles. The van der Waals surface area contributed by atoms with E-state index in [1.54, 1.807) is 13.2 Å². The lowest BCUT2D eigenvalue weighted by atomic mass is 10.1. The number of amides is 1. The summed E-state index contributed by atoms with van der Waals surface area (Å²) in [5, 5.41) is 5.89. The number of guanidine groups is 1. The van der Waals surface area contributed by atoms with Gasteiger partial charge in [0.15, 0.2) is 5.96 Å². The molecule has 1 amide bonds. The Bertz CT molecular complexity index is 503. The van der Waals surface area contributed by atoms with Crippen LogP contribution in [0.2, 0.25) is 0 Å². The van der Waals surface area contributed by atoms with Crippen LogP contribution in [-0.4, -0.2) is 38.2 Å². The molecule has 1 atom stereocenters. The molecule has 0 spiro atoms. The largest absolute Gasteiger partial charge is 0.383 e. The first-order valence-electron chi connectivity index (χ1n) is 7.49. The zero-order valence-corrected chi connectivity index (χ0v) is 13.6. The minimum atomic E-state index is -0.0635. The topological polar surface area (TPSA) is 88.7 Å². The normalized spacial score (nSPS) is 12.8. The van der Waals surface area contributed by atoms with Gasteiger partial charge in [0.1, 0.15) is 0 Å². The van der Waals surface area contributed by atoms with Crippen LogP contribution in [0.15, 0.2) is 29.3 Å². The number of hydrogen-bond donors (Lipinski definition) is 3. The maximum Gasteiger partial charge on any atom is 0.251 e. The van der Waals surface area contributed by atoms with Crippen LogP contribution in [0.3, 0.4) is 0 Å². The van der Waals surface area contributed by atoms with Gasteiger partial charge in [0, 0.05) is 25.3 Å². The van der Waals surface area contributed by atoms with Crippen molar-refractivity contribution in [2.24, 2.45) is 10.7 Å². The number of nitrogens with zero attached hydrogens (tertiary/aromatic N) is 1. The van der Waals surface area contributed by atoms with Gasteiger partial charge in [-0.15, -0.1) is 0 Å². The third-order valence-electron chi connectivity index (χ3n) is 3.22. The molecule has 0 saturated carbocycles. The molecule has 0 radical (unpaired) electrons. The zero-order chi connectivity index (χ0) is 16.4.